The summed E-state index contributed by atoms with van der Waals surface area (Å²) in [5.41, 5.74) is 0. The van der Waals surface area contributed by atoms with Gasteiger partial charge >= 0.3 is 11.9 Å². The standard InChI is InChI=1S/C38H68O4/c1-3-5-7-9-11-12-13-14-15-16-17-18-19-20-21-22-24-26-31-35-38(41)42-36(33-29-27-30-34-37(39)40)32-28-25-23-10-8-6-4-2/h5,7,11-12,14-15,36H,3-4,6,8-10,13,16-35H2,1-2H3,(H,39,40)/b7-5-,12-11-,15-14-. The summed E-state index contributed by atoms with van der Waals surface area (Å²) in [7, 11) is 0. The maximum absolute atomic E-state index is 12.5. The van der Waals surface area contributed by atoms with E-state index in [1.165, 1.54) is 89.9 Å². The Bertz CT molecular complexity index is 679. The molecule has 0 aliphatic heterocycles. The molecule has 42 heavy (non-hydrogen) atoms. The number of carboxylic acid groups (broad SMARTS) is 1. The number of unbranched alkanes of at least 4 members (excludes halogenated alkanes) is 17. The van der Waals surface area contributed by atoms with Crippen LogP contribution in [0.2, 0.25) is 0 Å². The van der Waals surface area contributed by atoms with Gasteiger partial charge < -0.3 is 9.84 Å². The second kappa shape index (κ2) is 33.7. The number of ether oxygens (including phenoxy) is 1. The molecular weight excluding hydrogens is 520 g/mol. The normalized spacial score (nSPS) is 12.6. The Hall–Kier alpha value is -1.84. The van der Waals surface area contributed by atoms with E-state index in [4.69, 9.17) is 9.84 Å². The molecule has 0 radical (unpaired) electrons. The fraction of sp³-hybridized carbons (Fsp3) is 0.789. The van der Waals surface area contributed by atoms with Crippen LogP contribution >= 0.6 is 0 Å². The Morgan fingerprint density at radius 2 is 1.00 bits per heavy atom. The van der Waals surface area contributed by atoms with Crippen LogP contribution in [0.15, 0.2) is 36.5 Å². The molecule has 0 heterocycles. The maximum atomic E-state index is 12.5. The number of carbonyl (C=O) groups is 2. The van der Waals surface area contributed by atoms with Gasteiger partial charge in [0.1, 0.15) is 6.10 Å². The topological polar surface area (TPSA) is 63.6 Å². The smallest absolute Gasteiger partial charge is 0.306 e. The van der Waals surface area contributed by atoms with E-state index in [0.29, 0.717) is 12.8 Å². The number of carboxylic acids is 1. The Balaban J connectivity index is 3.83. The van der Waals surface area contributed by atoms with Crippen molar-refractivity contribution in [2.45, 2.75) is 193 Å². The summed E-state index contributed by atoms with van der Waals surface area (Å²) in [4.78, 5) is 23.3. The third kappa shape index (κ3) is 32.7. The van der Waals surface area contributed by atoms with Crippen molar-refractivity contribution in [2.75, 3.05) is 0 Å². The molecule has 0 bridgehead atoms. The van der Waals surface area contributed by atoms with Crippen molar-refractivity contribution in [1.29, 1.82) is 0 Å². The average Bonchev–Trinajstić information content (AvgIpc) is 2.97. The largest absolute Gasteiger partial charge is 0.481 e. The number of hydrogen-bond donors (Lipinski definition) is 1. The van der Waals surface area contributed by atoms with Gasteiger partial charge in [0, 0.05) is 12.8 Å². The SMILES string of the molecule is CC/C=C\C/C=C\C/C=C\CCCCCCCCCCCC(=O)OC(CCCCCCCCC)CCCCCC(=O)O. The molecular formula is C38H68O4. The second-order valence-electron chi connectivity index (χ2n) is 12.0. The second-order valence-corrected chi connectivity index (χ2v) is 12.0. The molecule has 0 spiro atoms. The van der Waals surface area contributed by atoms with Crippen LogP contribution in [0.3, 0.4) is 0 Å². The van der Waals surface area contributed by atoms with Crippen molar-refractivity contribution < 1.29 is 19.4 Å². The number of hydrogen-bond acceptors (Lipinski definition) is 3. The molecule has 244 valence electrons. The van der Waals surface area contributed by atoms with Gasteiger partial charge in [0.05, 0.1) is 0 Å². The Labute approximate surface area is 260 Å². The van der Waals surface area contributed by atoms with Crippen molar-refractivity contribution >= 4 is 11.9 Å². The van der Waals surface area contributed by atoms with Gasteiger partial charge in [-0.1, -0.05) is 140 Å². The number of aliphatic carboxylic acids is 1. The van der Waals surface area contributed by atoms with Crippen LogP contribution in [-0.2, 0) is 14.3 Å². The lowest BCUT2D eigenvalue weighted by Gasteiger charge is -2.18. The van der Waals surface area contributed by atoms with E-state index in [9.17, 15) is 9.59 Å². The molecule has 0 aliphatic carbocycles. The van der Waals surface area contributed by atoms with E-state index in [-0.39, 0.29) is 18.5 Å². The van der Waals surface area contributed by atoms with Gasteiger partial charge in [0.15, 0.2) is 0 Å². The van der Waals surface area contributed by atoms with Crippen LogP contribution < -0.4 is 0 Å². The van der Waals surface area contributed by atoms with Gasteiger partial charge in [0.2, 0.25) is 0 Å². The van der Waals surface area contributed by atoms with E-state index in [2.05, 4.69) is 50.3 Å². The zero-order valence-electron chi connectivity index (χ0n) is 27.8. The van der Waals surface area contributed by atoms with Gasteiger partial charge in [-0.3, -0.25) is 9.59 Å². The predicted octanol–water partition coefficient (Wildman–Crippen LogP) is 12.2. The van der Waals surface area contributed by atoms with Crippen molar-refractivity contribution in [1.82, 2.24) is 0 Å². The zero-order valence-corrected chi connectivity index (χ0v) is 27.8. The molecule has 4 nitrogen and oxygen atoms in total. The molecule has 4 heteroatoms. The number of esters is 1. The Morgan fingerprint density at radius 1 is 0.548 bits per heavy atom. The fourth-order valence-electron chi connectivity index (χ4n) is 5.26. The summed E-state index contributed by atoms with van der Waals surface area (Å²) >= 11 is 0. The minimum Gasteiger partial charge on any atom is -0.481 e. The lowest BCUT2D eigenvalue weighted by molar-refractivity contribution is -0.150. The zero-order chi connectivity index (χ0) is 30.8. The minimum absolute atomic E-state index is 0.00304. The molecule has 0 saturated heterocycles. The van der Waals surface area contributed by atoms with Crippen LogP contribution in [0.4, 0.5) is 0 Å². The molecule has 0 fully saturated rings. The minimum atomic E-state index is -0.727. The first kappa shape index (κ1) is 40.2. The molecule has 0 rings (SSSR count). The summed E-state index contributed by atoms with van der Waals surface area (Å²) in [5, 5.41) is 8.84. The monoisotopic (exact) mass is 589 g/mol. The highest BCUT2D eigenvalue weighted by atomic mass is 16.5. The highest BCUT2D eigenvalue weighted by molar-refractivity contribution is 5.69. The van der Waals surface area contributed by atoms with Gasteiger partial charge in [-0.05, 0) is 70.6 Å². The summed E-state index contributed by atoms with van der Waals surface area (Å²) in [5.74, 6) is -0.766. The molecule has 0 amide bonds. The Morgan fingerprint density at radius 3 is 1.57 bits per heavy atom. The molecule has 1 atom stereocenters. The molecule has 0 aliphatic rings. The first-order valence-electron chi connectivity index (χ1n) is 18.0. The highest BCUT2D eigenvalue weighted by Crippen LogP contribution is 2.18. The van der Waals surface area contributed by atoms with Crippen LogP contribution in [0.25, 0.3) is 0 Å². The van der Waals surface area contributed by atoms with Gasteiger partial charge in [-0.25, -0.2) is 0 Å². The van der Waals surface area contributed by atoms with Crippen molar-refractivity contribution in [3.05, 3.63) is 36.5 Å². The number of allylic oxidation sites excluding steroid dienone is 6. The maximum Gasteiger partial charge on any atom is 0.306 e. The third-order valence-electron chi connectivity index (χ3n) is 7.88. The number of carbonyl (C=O) groups excluding carboxylic acids is 1. The first-order valence-corrected chi connectivity index (χ1v) is 18.0. The summed E-state index contributed by atoms with van der Waals surface area (Å²) in [6.45, 7) is 4.41. The quantitative estimate of drug-likeness (QED) is 0.0482. The van der Waals surface area contributed by atoms with Gasteiger partial charge in [-0.15, -0.1) is 0 Å². The Kier molecular flexibility index (Phi) is 32.2. The molecule has 1 N–H and O–H groups in total. The van der Waals surface area contributed by atoms with Crippen molar-refractivity contribution in [3.63, 3.8) is 0 Å². The van der Waals surface area contributed by atoms with E-state index >= 15 is 0 Å². The number of rotatable bonds is 32. The fourth-order valence-corrected chi connectivity index (χ4v) is 5.26. The molecule has 0 aromatic heterocycles. The predicted molar refractivity (Wildman–Crippen MR) is 181 cm³/mol. The third-order valence-corrected chi connectivity index (χ3v) is 7.88. The lowest BCUT2D eigenvalue weighted by Crippen LogP contribution is -2.18. The van der Waals surface area contributed by atoms with E-state index in [1.54, 1.807) is 0 Å². The molecule has 1 unspecified atom stereocenters. The average molecular weight is 589 g/mol. The van der Waals surface area contributed by atoms with Gasteiger partial charge in [0.25, 0.3) is 0 Å². The summed E-state index contributed by atoms with van der Waals surface area (Å²) < 4.78 is 5.89. The van der Waals surface area contributed by atoms with Crippen molar-refractivity contribution in [2.24, 2.45) is 0 Å². The summed E-state index contributed by atoms with van der Waals surface area (Å²) in [6.07, 6.45) is 43.0. The molecule has 0 aromatic carbocycles. The van der Waals surface area contributed by atoms with E-state index < -0.39 is 5.97 Å². The van der Waals surface area contributed by atoms with Crippen LogP contribution in [0.1, 0.15) is 187 Å². The van der Waals surface area contributed by atoms with Crippen molar-refractivity contribution in [3.8, 4) is 0 Å². The highest BCUT2D eigenvalue weighted by Gasteiger charge is 2.14. The van der Waals surface area contributed by atoms with Crippen LogP contribution in [0.5, 0.6) is 0 Å². The lowest BCUT2D eigenvalue weighted by atomic mass is 10.0. The molecule has 0 aromatic rings. The summed E-state index contributed by atoms with van der Waals surface area (Å²) in [6, 6.07) is 0. The van der Waals surface area contributed by atoms with E-state index in [1.807, 2.05) is 0 Å². The van der Waals surface area contributed by atoms with E-state index in [0.717, 1.165) is 64.2 Å². The van der Waals surface area contributed by atoms with Crippen LogP contribution in [0, 0.1) is 0 Å². The first-order chi connectivity index (χ1) is 20.6. The molecule has 0 saturated carbocycles. The van der Waals surface area contributed by atoms with Crippen LogP contribution in [-0.4, -0.2) is 23.1 Å². The van der Waals surface area contributed by atoms with Gasteiger partial charge in [-0.2, -0.15) is 0 Å².